The Balaban J connectivity index is 1.43. The molecule has 0 unspecified atom stereocenters. The number of imidazole rings is 1. The number of aliphatic hydroxyl groups is 1. The van der Waals surface area contributed by atoms with Gasteiger partial charge in [-0.15, -0.1) is 0 Å². The summed E-state index contributed by atoms with van der Waals surface area (Å²) in [5.41, 5.74) is 2.23. The van der Waals surface area contributed by atoms with Crippen LogP contribution in [0.25, 0.3) is 11.2 Å². The average Bonchev–Trinajstić information content (AvgIpc) is 3.18. The van der Waals surface area contributed by atoms with E-state index in [0.717, 1.165) is 49.4 Å². The molecule has 1 aromatic carbocycles. The minimum atomic E-state index is 0.192. The summed E-state index contributed by atoms with van der Waals surface area (Å²) < 4.78 is 6.16. The van der Waals surface area contributed by atoms with E-state index in [4.69, 9.17) is 9.84 Å². The molecule has 1 fully saturated rings. The highest BCUT2D eigenvalue weighted by atomic mass is 16.5. The van der Waals surface area contributed by atoms with E-state index < -0.39 is 0 Å². The molecule has 0 radical (unpaired) electrons. The number of hydrogen-bond donors (Lipinski definition) is 4. The van der Waals surface area contributed by atoms with Crippen molar-refractivity contribution in [3.05, 3.63) is 30.6 Å². The summed E-state index contributed by atoms with van der Waals surface area (Å²) in [6.45, 7) is 2.85. The Bertz CT molecular complexity index is 922. The Morgan fingerprint density at radius 1 is 1.29 bits per heavy atom. The summed E-state index contributed by atoms with van der Waals surface area (Å²) in [5, 5.41) is 15.3. The SMILES string of the molecule is CNc1nc(Nc2cccc(OC3CCN(CCO)CC3)c2)nc2nc[nH]c12. The van der Waals surface area contributed by atoms with Crippen LogP contribution in [-0.4, -0.2) is 69.3 Å². The van der Waals surface area contributed by atoms with Crippen molar-refractivity contribution < 1.29 is 9.84 Å². The van der Waals surface area contributed by atoms with Gasteiger partial charge in [0.05, 0.1) is 12.9 Å². The minimum Gasteiger partial charge on any atom is -0.490 e. The zero-order valence-corrected chi connectivity index (χ0v) is 15.9. The summed E-state index contributed by atoms with van der Waals surface area (Å²) in [4.78, 5) is 18.4. The van der Waals surface area contributed by atoms with E-state index >= 15 is 0 Å². The van der Waals surface area contributed by atoms with Gasteiger partial charge in [0.25, 0.3) is 0 Å². The normalized spacial score (nSPS) is 15.6. The first-order valence-electron chi connectivity index (χ1n) is 9.51. The van der Waals surface area contributed by atoms with Gasteiger partial charge in [-0.05, 0) is 25.0 Å². The maximum absolute atomic E-state index is 9.05. The summed E-state index contributed by atoms with van der Waals surface area (Å²) in [6, 6.07) is 7.82. The third kappa shape index (κ3) is 4.15. The van der Waals surface area contributed by atoms with Crippen LogP contribution in [0.1, 0.15) is 12.8 Å². The number of aromatic amines is 1. The van der Waals surface area contributed by atoms with E-state index in [2.05, 4.69) is 35.5 Å². The lowest BCUT2D eigenvalue weighted by molar-refractivity contribution is 0.0889. The van der Waals surface area contributed by atoms with Crippen molar-refractivity contribution in [1.29, 1.82) is 0 Å². The summed E-state index contributed by atoms with van der Waals surface area (Å²) in [7, 11) is 1.81. The number of nitrogens with zero attached hydrogens (tertiary/aromatic N) is 4. The van der Waals surface area contributed by atoms with Crippen molar-refractivity contribution in [1.82, 2.24) is 24.8 Å². The quantitative estimate of drug-likeness (QED) is 0.490. The van der Waals surface area contributed by atoms with E-state index in [1.54, 1.807) is 6.33 Å². The van der Waals surface area contributed by atoms with Crippen LogP contribution in [-0.2, 0) is 0 Å². The van der Waals surface area contributed by atoms with Crippen molar-refractivity contribution in [2.24, 2.45) is 0 Å². The molecule has 1 aliphatic heterocycles. The molecule has 2 aromatic heterocycles. The standard InChI is InChI=1S/C19H25N7O2/c1-20-17-16-18(22-12-21-16)25-19(24-17)23-13-3-2-4-15(11-13)28-14-5-7-26(8-6-14)9-10-27/h2-4,11-12,14,27H,5-10H2,1H3,(H3,20,21,22,23,24,25). The minimum absolute atomic E-state index is 0.192. The fourth-order valence-corrected chi connectivity index (χ4v) is 3.43. The zero-order valence-electron chi connectivity index (χ0n) is 15.9. The van der Waals surface area contributed by atoms with Crippen molar-refractivity contribution in [3.8, 4) is 5.75 Å². The molecule has 3 heterocycles. The molecular weight excluding hydrogens is 358 g/mol. The fraction of sp³-hybridized carbons (Fsp3) is 0.421. The van der Waals surface area contributed by atoms with Gasteiger partial charge in [0.1, 0.15) is 17.4 Å². The van der Waals surface area contributed by atoms with E-state index in [-0.39, 0.29) is 12.7 Å². The lowest BCUT2D eigenvalue weighted by Crippen LogP contribution is -2.39. The van der Waals surface area contributed by atoms with Crippen LogP contribution in [0.5, 0.6) is 5.75 Å². The molecule has 4 rings (SSSR count). The van der Waals surface area contributed by atoms with Crippen LogP contribution in [0.4, 0.5) is 17.5 Å². The highest BCUT2D eigenvalue weighted by molar-refractivity contribution is 5.83. The molecule has 9 heteroatoms. The number of rotatable bonds is 7. The second kappa shape index (κ2) is 8.41. The van der Waals surface area contributed by atoms with Crippen LogP contribution in [0, 0.1) is 0 Å². The summed E-state index contributed by atoms with van der Waals surface area (Å²) in [5.74, 6) is 1.98. The van der Waals surface area contributed by atoms with Gasteiger partial charge < -0.3 is 30.4 Å². The second-order valence-corrected chi connectivity index (χ2v) is 6.78. The molecule has 28 heavy (non-hydrogen) atoms. The highest BCUT2D eigenvalue weighted by Crippen LogP contribution is 2.25. The van der Waals surface area contributed by atoms with E-state index in [1.807, 2.05) is 31.3 Å². The topological polar surface area (TPSA) is 111 Å². The van der Waals surface area contributed by atoms with Gasteiger partial charge in [-0.25, -0.2) is 4.98 Å². The van der Waals surface area contributed by atoms with E-state index in [9.17, 15) is 0 Å². The molecular formula is C19H25N7O2. The van der Waals surface area contributed by atoms with Gasteiger partial charge in [-0.3, -0.25) is 0 Å². The van der Waals surface area contributed by atoms with Gasteiger partial charge in [-0.2, -0.15) is 9.97 Å². The number of hydrogen-bond acceptors (Lipinski definition) is 8. The predicted octanol–water partition coefficient (Wildman–Crippen LogP) is 1.97. The Morgan fingerprint density at radius 2 is 2.14 bits per heavy atom. The Morgan fingerprint density at radius 3 is 2.93 bits per heavy atom. The molecule has 0 amide bonds. The number of H-pyrrole nitrogens is 1. The summed E-state index contributed by atoms with van der Waals surface area (Å²) >= 11 is 0. The number of likely N-dealkylation sites (tertiary alicyclic amines) is 1. The summed E-state index contributed by atoms with van der Waals surface area (Å²) in [6.07, 6.45) is 3.71. The lowest BCUT2D eigenvalue weighted by atomic mass is 10.1. The number of piperidine rings is 1. The number of ether oxygens (including phenoxy) is 1. The molecule has 1 saturated heterocycles. The molecule has 9 nitrogen and oxygen atoms in total. The fourth-order valence-electron chi connectivity index (χ4n) is 3.43. The second-order valence-electron chi connectivity index (χ2n) is 6.78. The number of fused-ring (bicyclic) bond motifs is 1. The maximum atomic E-state index is 9.05. The van der Waals surface area contributed by atoms with Crippen LogP contribution in [0.3, 0.4) is 0 Å². The predicted molar refractivity (Wildman–Crippen MR) is 108 cm³/mol. The molecule has 0 atom stereocenters. The molecule has 3 aromatic rings. The third-order valence-electron chi connectivity index (χ3n) is 4.87. The number of β-amino-alcohol motifs (C(OH)–C–C–N with tert-alkyl or cyclic N) is 1. The first-order valence-corrected chi connectivity index (χ1v) is 9.51. The van der Waals surface area contributed by atoms with Gasteiger partial charge in [0, 0.05) is 38.4 Å². The molecule has 1 aliphatic rings. The first-order chi connectivity index (χ1) is 13.7. The van der Waals surface area contributed by atoms with Gasteiger partial charge in [0.2, 0.25) is 5.95 Å². The van der Waals surface area contributed by atoms with Gasteiger partial charge >= 0.3 is 0 Å². The number of anilines is 3. The Hall–Kier alpha value is -2.91. The number of aliphatic hydroxyl groups excluding tert-OH is 1. The highest BCUT2D eigenvalue weighted by Gasteiger charge is 2.20. The number of aromatic nitrogens is 4. The van der Waals surface area contributed by atoms with Crippen LogP contribution >= 0.6 is 0 Å². The first kappa shape index (κ1) is 18.5. The number of nitrogens with one attached hydrogen (secondary N) is 3. The molecule has 0 aliphatic carbocycles. The van der Waals surface area contributed by atoms with Crippen molar-refractivity contribution in [3.63, 3.8) is 0 Å². The molecule has 0 saturated carbocycles. The van der Waals surface area contributed by atoms with Crippen molar-refractivity contribution in [2.45, 2.75) is 18.9 Å². The molecule has 4 N–H and O–H groups in total. The Kier molecular flexibility index (Phi) is 5.54. The molecule has 148 valence electrons. The zero-order chi connectivity index (χ0) is 19.3. The third-order valence-corrected chi connectivity index (χ3v) is 4.87. The van der Waals surface area contributed by atoms with Crippen LogP contribution in [0.2, 0.25) is 0 Å². The Labute approximate surface area is 163 Å². The van der Waals surface area contributed by atoms with E-state index in [0.29, 0.717) is 17.4 Å². The van der Waals surface area contributed by atoms with E-state index in [1.165, 1.54) is 0 Å². The van der Waals surface area contributed by atoms with Gasteiger partial charge in [0.15, 0.2) is 11.5 Å². The smallest absolute Gasteiger partial charge is 0.231 e. The molecule has 0 bridgehead atoms. The van der Waals surface area contributed by atoms with Crippen molar-refractivity contribution >= 4 is 28.6 Å². The number of benzene rings is 1. The van der Waals surface area contributed by atoms with Crippen LogP contribution in [0.15, 0.2) is 30.6 Å². The van der Waals surface area contributed by atoms with Crippen molar-refractivity contribution in [2.75, 3.05) is 43.9 Å². The van der Waals surface area contributed by atoms with Gasteiger partial charge in [-0.1, -0.05) is 6.07 Å². The largest absolute Gasteiger partial charge is 0.490 e. The average molecular weight is 383 g/mol. The van der Waals surface area contributed by atoms with Crippen LogP contribution < -0.4 is 15.4 Å². The molecule has 0 spiro atoms. The lowest BCUT2D eigenvalue weighted by Gasteiger charge is -2.31. The maximum Gasteiger partial charge on any atom is 0.231 e. The monoisotopic (exact) mass is 383 g/mol.